The molecule has 0 saturated heterocycles. The Labute approximate surface area is 130 Å². The van der Waals surface area contributed by atoms with Crippen LogP contribution in [-0.4, -0.2) is 0 Å². The first kappa shape index (κ1) is 16.0. The summed E-state index contributed by atoms with van der Waals surface area (Å²) < 4.78 is 44.3. The van der Waals surface area contributed by atoms with Crippen molar-refractivity contribution in [2.24, 2.45) is 0 Å². The van der Waals surface area contributed by atoms with E-state index in [0.29, 0.717) is 10.8 Å². The smallest absolute Gasteiger partial charge is 0.416 e. The van der Waals surface area contributed by atoms with Gasteiger partial charge in [-0.2, -0.15) is 13.2 Å². The van der Waals surface area contributed by atoms with E-state index in [1.54, 1.807) is 18.2 Å². The lowest BCUT2D eigenvalue weighted by Crippen LogP contribution is -2.08. The second kappa shape index (κ2) is 6.16. The van der Waals surface area contributed by atoms with Crippen molar-refractivity contribution < 1.29 is 17.9 Å². The van der Waals surface area contributed by atoms with E-state index in [0.717, 1.165) is 11.6 Å². The summed E-state index contributed by atoms with van der Waals surface area (Å²) in [6.45, 7) is 1.83. The molecule has 2 rings (SSSR count). The van der Waals surface area contributed by atoms with Crippen LogP contribution < -0.4 is 4.74 Å². The van der Waals surface area contributed by atoms with E-state index in [4.69, 9.17) is 27.9 Å². The van der Waals surface area contributed by atoms with Crippen molar-refractivity contribution in [3.05, 3.63) is 58.1 Å². The summed E-state index contributed by atoms with van der Waals surface area (Å²) in [6, 6.07) is 8.73. The topological polar surface area (TPSA) is 9.23 Å². The number of hydrogen-bond acceptors (Lipinski definition) is 1. The summed E-state index contributed by atoms with van der Waals surface area (Å²) >= 11 is 11.5. The van der Waals surface area contributed by atoms with Gasteiger partial charge < -0.3 is 4.74 Å². The van der Waals surface area contributed by atoms with E-state index in [-0.39, 0.29) is 17.2 Å². The SMILES string of the molecule is Cc1ccc(Cl)c(Oc2ccc(CCl)c(C(F)(F)F)c2)c1. The first-order valence-corrected chi connectivity index (χ1v) is 6.92. The quantitative estimate of drug-likeness (QED) is 0.607. The van der Waals surface area contributed by atoms with Gasteiger partial charge in [-0.3, -0.25) is 0 Å². The Kier molecular flexibility index (Phi) is 4.69. The monoisotopic (exact) mass is 334 g/mol. The third-order valence-electron chi connectivity index (χ3n) is 2.85. The summed E-state index contributed by atoms with van der Waals surface area (Å²) in [6.07, 6.45) is -4.49. The molecule has 0 aliphatic rings. The van der Waals surface area contributed by atoms with Crippen LogP contribution in [0.1, 0.15) is 16.7 Å². The molecule has 0 atom stereocenters. The third kappa shape index (κ3) is 3.83. The summed E-state index contributed by atoms with van der Waals surface area (Å²) in [5.74, 6) is 0.146. The number of benzene rings is 2. The predicted molar refractivity (Wildman–Crippen MR) is 77.3 cm³/mol. The Hall–Kier alpha value is -1.39. The maximum Gasteiger partial charge on any atom is 0.416 e. The standard InChI is InChI=1S/C15H11Cl2F3O/c1-9-2-5-13(17)14(6-9)21-11-4-3-10(8-16)12(7-11)15(18,19)20/h2-7H,8H2,1H3. The first-order chi connectivity index (χ1) is 9.81. The van der Waals surface area contributed by atoms with Gasteiger partial charge in [0.15, 0.2) is 0 Å². The van der Waals surface area contributed by atoms with Crippen LogP contribution in [0.5, 0.6) is 11.5 Å². The summed E-state index contributed by atoms with van der Waals surface area (Å²) in [4.78, 5) is 0. The largest absolute Gasteiger partial charge is 0.456 e. The zero-order valence-corrected chi connectivity index (χ0v) is 12.5. The molecule has 0 fully saturated rings. The molecule has 0 aliphatic heterocycles. The zero-order valence-electron chi connectivity index (χ0n) is 11.0. The minimum atomic E-state index is -4.49. The fourth-order valence-electron chi connectivity index (χ4n) is 1.82. The fourth-order valence-corrected chi connectivity index (χ4v) is 2.20. The van der Waals surface area contributed by atoms with Crippen molar-refractivity contribution in [2.45, 2.75) is 19.0 Å². The van der Waals surface area contributed by atoms with E-state index < -0.39 is 11.7 Å². The van der Waals surface area contributed by atoms with E-state index >= 15 is 0 Å². The molecule has 112 valence electrons. The van der Waals surface area contributed by atoms with Crippen LogP contribution in [0, 0.1) is 6.92 Å². The Balaban J connectivity index is 2.39. The Morgan fingerprint density at radius 2 is 1.81 bits per heavy atom. The van der Waals surface area contributed by atoms with Gasteiger partial charge >= 0.3 is 6.18 Å². The van der Waals surface area contributed by atoms with Gasteiger partial charge in [0.25, 0.3) is 0 Å². The molecule has 1 nitrogen and oxygen atoms in total. The molecule has 2 aromatic carbocycles. The fraction of sp³-hybridized carbons (Fsp3) is 0.200. The van der Waals surface area contributed by atoms with E-state index in [1.807, 2.05) is 6.92 Å². The second-order valence-corrected chi connectivity index (χ2v) is 5.16. The number of hydrogen-bond donors (Lipinski definition) is 0. The van der Waals surface area contributed by atoms with Crippen LogP contribution >= 0.6 is 23.2 Å². The van der Waals surface area contributed by atoms with Crippen molar-refractivity contribution in [1.82, 2.24) is 0 Å². The number of rotatable bonds is 3. The van der Waals surface area contributed by atoms with Crippen molar-refractivity contribution in [3.63, 3.8) is 0 Å². The number of ether oxygens (including phenoxy) is 1. The van der Waals surface area contributed by atoms with Gasteiger partial charge in [0.1, 0.15) is 11.5 Å². The Morgan fingerprint density at radius 3 is 2.43 bits per heavy atom. The third-order valence-corrected chi connectivity index (χ3v) is 3.45. The van der Waals surface area contributed by atoms with Crippen molar-refractivity contribution in [3.8, 4) is 11.5 Å². The summed E-state index contributed by atoms with van der Waals surface area (Å²) in [7, 11) is 0. The predicted octanol–water partition coefficient (Wildman–Crippen LogP) is 6.20. The molecule has 0 bridgehead atoms. The highest BCUT2D eigenvalue weighted by molar-refractivity contribution is 6.32. The molecule has 0 amide bonds. The average Bonchev–Trinajstić information content (AvgIpc) is 2.42. The highest BCUT2D eigenvalue weighted by Crippen LogP contribution is 2.37. The van der Waals surface area contributed by atoms with E-state index in [1.165, 1.54) is 12.1 Å². The molecule has 0 saturated carbocycles. The van der Waals surface area contributed by atoms with Crippen molar-refractivity contribution >= 4 is 23.2 Å². The molecular weight excluding hydrogens is 324 g/mol. The van der Waals surface area contributed by atoms with Crippen LogP contribution in [0.2, 0.25) is 5.02 Å². The molecule has 0 heterocycles. The molecule has 0 aliphatic carbocycles. The van der Waals surface area contributed by atoms with Gasteiger partial charge in [0.05, 0.1) is 10.6 Å². The number of alkyl halides is 4. The van der Waals surface area contributed by atoms with E-state index in [2.05, 4.69) is 0 Å². The van der Waals surface area contributed by atoms with Gasteiger partial charge in [0, 0.05) is 5.88 Å². The molecule has 0 radical (unpaired) electrons. The molecule has 2 aromatic rings. The zero-order chi connectivity index (χ0) is 15.6. The molecule has 6 heteroatoms. The van der Waals surface area contributed by atoms with Crippen LogP contribution in [0.25, 0.3) is 0 Å². The lowest BCUT2D eigenvalue weighted by atomic mass is 10.1. The summed E-state index contributed by atoms with van der Waals surface area (Å²) in [5.41, 5.74) is 0.0912. The maximum atomic E-state index is 13.0. The Morgan fingerprint density at radius 1 is 1.10 bits per heavy atom. The van der Waals surface area contributed by atoms with Crippen LogP contribution in [-0.2, 0) is 12.1 Å². The van der Waals surface area contributed by atoms with Gasteiger partial charge in [0.2, 0.25) is 0 Å². The molecule has 0 spiro atoms. The lowest BCUT2D eigenvalue weighted by molar-refractivity contribution is -0.138. The van der Waals surface area contributed by atoms with Gasteiger partial charge in [-0.25, -0.2) is 0 Å². The van der Waals surface area contributed by atoms with E-state index in [9.17, 15) is 13.2 Å². The lowest BCUT2D eigenvalue weighted by Gasteiger charge is -2.14. The van der Waals surface area contributed by atoms with Gasteiger partial charge in [-0.05, 0) is 42.3 Å². The molecule has 0 aromatic heterocycles. The minimum Gasteiger partial charge on any atom is -0.456 e. The maximum absolute atomic E-state index is 13.0. The molecular formula is C15H11Cl2F3O. The van der Waals surface area contributed by atoms with Gasteiger partial charge in [-0.1, -0.05) is 23.7 Å². The summed E-state index contributed by atoms with van der Waals surface area (Å²) in [5, 5.41) is 0.329. The highest BCUT2D eigenvalue weighted by Gasteiger charge is 2.33. The highest BCUT2D eigenvalue weighted by atomic mass is 35.5. The van der Waals surface area contributed by atoms with Crippen LogP contribution in [0.4, 0.5) is 13.2 Å². The number of aryl methyl sites for hydroxylation is 1. The molecule has 0 N–H and O–H groups in total. The van der Waals surface area contributed by atoms with Gasteiger partial charge in [-0.15, -0.1) is 11.6 Å². The number of halogens is 5. The second-order valence-electron chi connectivity index (χ2n) is 4.49. The van der Waals surface area contributed by atoms with Crippen LogP contribution in [0.15, 0.2) is 36.4 Å². The minimum absolute atomic E-state index is 0.00635. The van der Waals surface area contributed by atoms with Crippen molar-refractivity contribution in [2.75, 3.05) is 0 Å². The molecule has 0 unspecified atom stereocenters. The normalized spacial score (nSPS) is 11.5. The van der Waals surface area contributed by atoms with Crippen molar-refractivity contribution in [1.29, 1.82) is 0 Å². The average molecular weight is 335 g/mol. The molecule has 21 heavy (non-hydrogen) atoms. The first-order valence-electron chi connectivity index (χ1n) is 6.01. The Bertz CT molecular complexity index is 654. The van der Waals surface area contributed by atoms with Crippen LogP contribution in [0.3, 0.4) is 0 Å².